The van der Waals surface area contributed by atoms with Crippen molar-refractivity contribution in [2.24, 2.45) is 0 Å². The molecule has 0 saturated heterocycles. The summed E-state index contributed by atoms with van der Waals surface area (Å²) in [7, 11) is -4.48. The number of carbonyl (C=O) groups is 2. The summed E-state index contributed by atoms with van der Waals surface area (Å²) in [6.45, 7) is 10.2. The van der Waals surface area contributed by atoms with Gasteiger partial charge < -0.3 is 20.5 Å². The van der Waals surface area contributed by atoms with Crippen LogP contribution >= 0.6 is 0 Å². The average Bonchev–Trinajstić information content (AvgIpc) is 3.42. The van der Waals surface area contributed by atoms with Crippen LogP contribution in [0.3, 0.4) is 0 Å². The standard InChI is InChI=1S/C31H32F6N4O4S/c1-5-41(6-2)10-9-38-29(43)27-17(3)26(39-18(27)4)15-24-23-14-22(7-8-25(23)40-28(24)42)46(44,45)16-19-11-20(30(32,33)34)13-21(12-19)31(35,36)37/h7-8,11-15,39H,5-6,9-10,16H2,1-4H3,(H,38,43)(H,40,42). The van der Waals surface area contributed by atoms with Crippen LogP contribution < -0.4 is 10.6 Å². The molecule has 3 aromatic rings. The maximum absolute atomic E-state index is 13.3. The molecule has 2 heterocycles. The van der Waals surface area contributed by atoms with Gasteiger partial charge in [-0.15, -0.1) is 0 Å². The largest absolute Gasteiger partial charge is 0.416 e. The summed E-state index contributed by atoms with van der Waals surface area (Å²) in [4.78, 5) is 30.7. The first kappa shape index (κ1) is 34.8. The van der Waals surface area contributed by atoms with Gasteiger partial charge in [0.05, 0.1) is 32.9 Å². The van der Waals surface area contributed by atoms with Crippen molar-refractivity contribution in [3.63, 3.8) is 0 Å². The van der Waals surface area contributed by atoms with Gasteiger partial charge in [-0.2, -0.15) is 26.3 Å². The number of nitrogens with zero attached hydrogens (tertiary/aromatic N) is 1. The van der Waals surface area contributed by atoms with Crippen molar-refractivity contribution in [1.29, 1.82) is 0 Å². The molecule has 1 aromatic heterocycles. The highest BCUT2D eigenvalue weighted by atomic mass is 32.2. The minimum Gasteiger partial charge on any atom is -0.358 e. The number of nitrogens with one attached hydrogen (secondary N) is 3. The molecule has 2 aromatic carbocycles. The predicted octanol–water partition coefficient (Wildman–Crippen LogP) is 6.21. The SMILES string of the molecule is CCN(CC)CCNC(=O)c1c(C)[nH]c(C=C2C(=O)Nc3ccc(S(=O)(=O)Cc4cc(C(F)(F)F)cc(C(F)(F)F)c4)cc32)c1C. The maximum Gasteiger partial charge on any atom is 0.416 e. The quantitative estimate of drug-likeness (QED) is 0.176. The first-order chi connectivity index (χ1) is 21.3. The van der Waals surface area contributed by atoms with E-state index in [1.165, 1.54) is 12.1 Å². The number of alkyl halides is 6. The van der Waals surface area contributed by atoms with E-state index in [0.29, 0.717) is 47.7 Å². The lowest BCUT2D eigenvalue weighted by Gasteiger charge is -2.18. The number of carbonyl (C=O) groups excluding carboxylic acids is 2. The zero-order valence-electron chi connectivity index (χ0n) is 25.3. The second-order valence-corrected chi connectivity index (χ2v) is 12.8. The molecule has 0 fully saturated rings. The van der Waals surface area contributed by atoms with E-state index in [2.05, 4.69) is 20.5 Å². The van der Waals surface area contributed by atoms with Crippen molar-refractivity contribution in [3.8, 4) is 0 Å². The van der Waals surface area contributed by atoms with Crippen molar-refractivity contribution in [2.45, 2.75) is 50.7 Å². The van der Waals surface area contributed by atoms with Gasteiger partial charge in [0.1, 0.15) is 0 Å². The molecule has 0 aliphatic carbocycles. The molecule has 8 nitrogen and oxygen atoms in total. The number of fused-ring (bicyclic) bond motifs is 1. The van der Waals surface area contributed by atoms with E-state index in [9.17, 15) is 44.3 Å². The van der Waals surface area contributed by atoms with Crippen LogP contribution in [0, 0.1) is 13.8 Å². The normalized spacial score (nSPS) is 14.6. The lowest BCUT2D eigenvalue weighted by Crippen LogP contribution is -2.35. The highest BCUT2D eigenvalue weighted by Gasteiger charge is 2.37. The number of aromatic nitrogens is 1. The van der Waals surface area contributed by atoms with Crippen LogP contribution in [0.4, 0.5) is 32.0 Å². The van der Waals surface area contributed by atoms with E-state index < -0.39 is 55.4 Å². The number of aryl methyl sites for hydroxylation is 1. The number of H-pyrrole nitrogens is 1. The molecule has 46 heavy (non-hydrogen) atoms. The van der Waals surface area contributed by atoms with Gasteiger partial charge in [-0.1, -0.05) is 13.8 Å². The van der Waals surface area contributed by atoms with E-state index >= 15 is 0 Å². The third-order valence-corrected chi connectivity index (χ3v) is 9.42. The Morgan fingerprint density at radius 3 is 2.13 bits per heavy atom. The number of hydrogen-bond donors (Lipinski definition) is 3. The molecule has 0 bridgehead atoms. The van der Waals surface area contributed by atoms with Gasteiger partial charge in [-0.05, 0) is 80.5 Å². The number of anilines is 1. The topological polar surface area (TPSA) is 111 Å². The molecule has 0 spiro atoms. The Morgan fingerprint density at radius 1 is 0.957 bits per heavy atom. The van der Waals surface area contributed by atoms with Gasteiger partial charge in [0.15, 0.2) is 9.84 Å². The highest BCUT2D eigenvalue weighted by Crippen LogP contribution is 2.39. The summed E-state index contributed by atoms with van der Waals surface area (Å²) in [5, 5.41) is 5.49. The van der Waals surface area contributed by atoms with Gasteiger partial charge >= 0.3 is 12.4 Å². The van der Waals surface area contributed by atoms with Gasteiger partial charge in [0.2, 0.25) is 0 Å². The summed E-state index contributed by atoms with van der Waals surface area (Å²) >= 11 is 0. The Morgan fingerprint density at radius 2 is 1.57 bits per heavy atom. The molecule has 248 valence electrons. The van der Waals surface area contributed by atoms with E-state index in [1.807, 2.05) is 13.8 Å². The Balaban J connectivity index is 1.65. The summed E-state index contributed by atoms with van der Waals surface area (Å²) in [5.41, 5.74) is -1.62. The molecule has 3 N–H and O–H groups in total. The Kier molecular flexibility index (Phi) is 9.78. The van der Waals surface area contributed by atoms with Gasteiger partial charge in [-0.3, -0.25) is 9.59 Å². The van der Waals surface area contributed by atoms with Crippen LogP contribution in [-0.4, -0.2) is 56.3 Å². The number of sulfone groups is 1. The lowest BCUT2D eigenvalue weighted by atomic mass is 10.0. The summed E-state index contributed by atoms with van der Waals surface area (Å²) in [5.74, 6) is -2.04. The van der Waals surface area contributed by atoms with E-state index in [0.717, 1.165) is 25.2 Å². The van der Waals surface area contributed by atoms with Crippen molar-refractivity contribution in [2.75, 3.05) is 31.5 Å². The fourth-order valence-electron chi connectivity index (χ4n) is 5.27. The number of benzene rings is 2. The first-order valence-corrected chi connectivity index (χ1v) is 15.9. The van der Waals surface area contributed by atoms with Gasteiger partial charge in [0, 0.05) is 35.7 Å². The fourth-order valence-corrected chi connectivity index (χ4v) is 6.61. The van der Waals surface area contributed by atoms with E-state index in [-0.39, 0.29) is 28.8 Å². The third kappa shape index (κ3) is 7.47. The van der Waals surface area contributed by atoms with Crippen molar-refractivity contribution >= 4 is 39.0 Å². The average molecular weight is 671 g/mol. The van der Waals surface area contributed by atoms with E-state index in [1.54, 1.807) is 13.8 Å². The molecular weight excluding hydrogens is 638 g/mol. The van der Waals surface area contributed by atoms with Crippen LogP contribution in [0.5, 0.6) is 0 Å². The molecule has 2 amide bonds. The maximum atomic E-state index is 13.3. The molecule has 4 rings (SSSR count). The number of aromatic amines is 1. The lowest BCUT2D eigenvalue weighted by molar-refractivity contribution is -0.143. The summed E-state index contributed by atoms with van der Waals surface area (Å²) in [6, 6.07) is 4.19. The summed E-state index contributed by atoms with van der Waals surface area (Å²) < 4.78 is 106. The van der Waals surface area contributed by atoms with Crippen molar-refractivity contribution < 1.29 is 44.3 Å². The zero-order valence-corrected chi connectivity index (χ0v) is 26.1. The van der Waals surface area contributed by atoms with E-state index in [4.69, 9.17) is 0 Å². The van der Waals surface area contributed by atoms with Gasteiger partial charge in [-0.25, -0.2) is 8.42 Å². The third-order valence-electron chi connectivity index (χ3n) is 7.74. The first-order valence-electron chi connectivity index (χ1n) is 14.2. The Labute approximate surface area is 261 Å². The number of amides is 2. The van der Waals surface area contributed by atoms with Crippen LogP contribution in [-0.2, 0) is 32.7 Å². The van der Waals surface area contributed by atoms with Crippen LogP contribution in [0.2, 0.25) is 0 Å². The van der Waals surface area contributed by atoms with Crippen molar-refractivity contribution in [1.82, 2.24) is 15.2 Å². The van der Waals surface area contributed by atoms with Crippen LogP contribution in [0.15, 0.2) is 41.3 Å². The molecule has 1 aliphatic heterocycles. The molecule has 0 saturated carbocycles. The number of rotatable bonds is 10. The molecule has 0 atom stereocenters. The van der Waals surface area contributed by atoms with Crippen molar-refractivity contribution in [3.05, 3.63) is 81.2 Å². The Bertz CT molecular complexity index is 1770. The Hall–Kier alpha value is -4.11. The summed E-state index contributed by atoms with van der Waals surface area (Å²) in [6.07, 6.45) is -8.83. The molecule has 0 unspecified atom stereocenters. The molecule has 1 aliphatic rings. The van der Waals surface area contributed by atoms with Crippen LogP contribution in [0.25, 0.3) is 11.6 Å². The number of halogens is 6. The van der Waals surface area contributed by atoms with Gasteiger partial charge in [0.25, 0.3) is 11.8 Å². The molecular formula is C31H32F6N4O4S. The molecule has 15 heteroatoms. The molecule has 0 radical (unpaired) electrons. The predicted molar refractivity (Wildman–Crippen MR) is 161 cm³/mol. The monoisotopic (exact) mass is 670 g/mol. The van der Waals surface area contributed by atoms with Crippen LogP contribution in [0.1, 0.15) is 63.4 Å². The smallest absolute Gasteiger partial charge is 0.358 e. The minimum atomic E-state index is -5.14. The zero-order chi connectivity index (χ0) is 34.2. The second-order valence-electron chi connectivity index (χ2n) is 10.8. The fraction of sp³-hybridized carbons (Fsp3) is 0.355. The highest BCUT2D eigenvalue weighted by molar-refractivity contribution is 7.90. The minimum absolute atomic E-state index is 0.0447. The number of hydrogen-bond acceptors (Lipinski definition) is 5. The second kappa shape index (κ2) is 12.9. The number of likely N-dealkylation sites (N-methyl/N-ethyl adjacent to an activating group) is 1.